The van der Waals surface area contributed by atoms with Crippen LogP contribution in [0.2, 0.25) is 0 Å². The maximum absolute atomic E-state index is 4.68. The second-order valence-corrected chi connectivity index (χ2v) is 6.13. The SMILES string of the molecule is CC(C)N=C(/C=C(\NC(C)C)c1ccccc1)NC(C)C. The normalized spacial score (nSPS) is 13.2. The first-order valence-corrected chi connectivity index (χ1v) is 7.76. The predicted molar refractivity (Wildman–Crippen MR) is 93.5 cm³/mol. The summed E-state index contributed by atoms with van der Waals surface area (Å²) in [5.41, 5.74) is 2.27. The summed E-state index contributed by atoms with van der Waals surface area (Å²) in [5.74, 6) is 0.923. The van der Waals surface area contributed by atoms with E-state index in [9.17, 15) is 0 Å². The molecule has 0 saturated carbocycles. The number of hydrogen-bond acceptors (Lipinski definition) is 2. The number of hydrogen-bond donors (Lipinski definition) is 2. The molecule has 0 unspecified atom stereocenters. The van der Waals surface area contributed by atoms with Crippen molar-refractivity contribution in [2.24, 2.45) is 4.99 Å². The molecule has 21 heavy (non-hydrogen) atoms. The molecule has 0 aliphatic carbocycles. The second-order valence-electron chi connectivity index (χ2n) is 6.13. The molecule has 0 aromatic heterocycles. The van der Waals surface area contributed by atoms with Gasteiger partial charge in [0.2, 0.25) is 0 Å². The molecule has 0 spiro atoms. The summed E-state index contributed by atoms with van der Waals surface area (Å²) in [6.45, 7) is 12.7. The maximum Gasteiger partial charge on any atom is 0.123 e. The van der Waals surface area contributed by atoms with Crippen LogP contribution in [-0.4, -0.2) is 24.0 Å². The van der Waals surface area contributed by atoms with Crippen LogP contribution in [0.4, 0.5) is 0 Å². The van der Waals surface area contributed by atoms with Gasteiger partial charge in [0.05, 0.1) is 0 Å². The lowest BCUT2D eigenvalue weighted by Gasteiger charge is -2.17. The molecular weight excluding hydrogens is 258 g/mol. The van der Waals surface area contributed by atoms with Crippen molar-refractivity contribution in [1.82, 2.24) is 10.6 Å². The second kappa shape index (κ2) is 8.50. The number of amidine groups is 1. The molecule has 0 amide bonds. The van der Waals surface area contributed by atoms with Crippen molar-refractivity contribution in [1.29, 1.82) is 0 Å². The van der Waals surface area contributed by atoms with Crippen LogP contribution in [0.1, 0.15) is 47.1 Å². The third-order valence-corrected chi connectivity index (χ3v) is 2.64. The predicted octanol–water partition coefficient (Wildman–Crippen LogP) is 3.83. The molecule has 2 N–H and O–H groups in total. The van der Waals surface area contributed by atoms with Gasteiger partial charge in [0.1, 0.15) is 5.84 Å². The molecule has 0 saturated heterocycles. The van der Waals surface area contributed by atoms with E-state index in [1.807, 2.05) is 6.07 Å². The summed E-state index contributed by atoms with van der Waals surface area (Å²) in [6, 6.07) is 11.4. The van der Waals surface area contributed by atoms with Crippen molar-refractivity contribution in [2.45, 2.75) is 59.7 Å². The largest absolute Gasteiger partial charge is 0.382 e. The van der Waals surface area contributed by atoms with Crippen LogP contribution in [0.25, 0.3) is 5.70 Å². The Morgan fingerprint density at radius 3 is 1.95 bits per heavy atom. The Kier molecular flexibility index (Phi) is 7.00. The van der Waals surface area contributed by atoms with Crippen LogP contribution in [0.15, 0.2) is 41.4 Å². The summed E-state index contributed by atoms with van der Waals surface area (Å²) in [7, 11) is 0. The van der Waals surface area contributed by atoms with Gasteiger partial charge in [-0.05, 0) is 47.1 Å². The van der Waals surface area contributed by atoms with Gasteiger partial charge < -0.3 is 10.6 Å². The molecule has 1 aromatic rings. The topological polar surface area (TPSA) is 36.4 Å². The Hall–Kier alpha value is -1.77. The minimum absolute atomic E-state index is 0.263. The number of aliphatic imine (C=N–C) groups is 1. The number of nitrogens with one attached hydrogen (secondary N) is 2. The number of rotatable bonds is 6. The highest BCUT2D eigenvalue weighted by atomic mass is 15.0. The van der Waals surface area contributed by atoms with Crippen LogP contribution >= 0.6 is 0 Å². The van der Waals surface area contributed by atoms with Crippen molar-refractivity contribution < 1.29 is 0 Å². The van der Waals surface area contributed by atoms with Gasteiger partial charge in [-0.25, -0.2) is 0 Å². The fourth-order valence-corrected chi connectivity index (χ4v) is 1.96. The minimum Gasteiger partial charge on any atom is -0.382 e. The highest BCUT2D eigenvalue weighted by Crippen LogP contribution is 2.12. The first-order valence-electron chi connectivity index (χ1n) is 7.76. The van der Waals surface area contributed by atoms with E-state index >= 15 is 0 Å². The highest BCUT2D eigenvalue weighted by Gasteiger charge is 2.06. The van der Waals surface area contributed by atoms with Crippen LogP contribution < -0.4 is 10.6 Å². The maximum atomic E-state index is 4.68. The Labute approximate surface area is 129 Å². The van der Waals surface area contributed by atoms with Crippen molar-refractivity contribution in [3.63, 3.8) is 0 Å². The fraction of sp³-hybridized carbons (Fsp3) is 0.500. The van der Waals surface area contributed by atoms with Crippen molar-refractivity contribution in [2.75, 3.05) is 0 Å². The van der Waals surface area contributed by atoms with E-state index in [0.717, 1.165) is 11.5 Å². The van der Waals surface area contributed by atoms with Gasteiger partial charge in [-0.2, -0.15) is 0 Å². The lowest BCUT2D eigenvalue weighted by atomic mass is 10.1. The summed E-state index contributed by atoms with van der Waals surface area (Å²) in [6.07, 6.45) is 2.11. The smallest absolute Gasteiger partial charge is 0.123 e. The lowest BCUT2D eigenvalue weighted by Crippen LogP contribution is -2.31. The molecule has 0 fully saturated rings. The van der Waals surface area contributed by atoms with Crippen LogP contribution in [-0.2, 0) is 0 Å². The Balaban J connectivity index is 3.14. The van der Waals surface area contributed by atoms with Crippen molar-refractivity contribution >= 4 is 11.5 Å². The molecule has 0 aliphatic heterocycles. The van der Waals surface area contributed by atoms with Crippen LogP contribution in [0, 0.1) is 0 Å². The molecule has 3 nitrogen and oxygen atoms in total. The average Bonchev–Trinajstić information content (AvgIpc) is 2.36. The zero-order valence-corrected chi connectivity index (χ0v) is 14.1. The first kappa shape index (κ1) is 17.3. The number of benzene rings is 1. The molecule has 3 heteroatoms. The molecule has 1 aromatic carbocycles. The molecule has 0 aliphatic rings. The molecular formula is C18H29N3. The zero-order valence-electron chi connectivity index (χ0n) is 14.1. The zero-order chi connectivity index (χ0) is 15.8. The van der Waals surface area contributed by atoms with Gasteiger partial charge in [0.25, 0.3) is 0 Å². The summed E-state index contributed by atoms with van der Waals surface area (Å²) < 4.78 is 0. The van der Waals surface area contributed by atoms with Gasteiger partial charge in [0, 0.05) is 29.9 Å². The van der Waals surface area contributed by atoms with Crippen molar-refractivity contribution in [3.8, 4) is 0 Å². The van der Waals surface area contributed by atoms with E-state index in [0.29, 0.717) is 12.1 Å². The highest BCUT2D eigenvalue weighted by molar-refractivity contribution is 5.99. The number of nitrogens with zero attached hydrogens (tertiary/aromatic N) is 1. The fourth-order valence-electron chi connectivity index (χ4n) is 1.96. The molecule has 1 rings (SSSR count). The van der Waals surface area contributed by atoms with Crippen LogP contribution in [0.5, 0.6) is 0 Å². The first-order chi connectivity index (χ1) is 9.88. The average molecular weight is 287 g/mol. The minimum atomic E-state index is 0.263. The standard InChI is InChI=1S/C18H29N3/c1-13(2)19-17(16-10-8-7-9-11-16)12-18(20-14(3)4)21-15(5)6/h7-15,19H,1-6H3,(H,20,21)/b17-12-. The molecule has 116 valence electrons. The Bertz CT molecular complexity index is 470. The monoisotopic (exact) mass is 287 g/mol. The van der Waals surface area contributed by atoms with Gasteiger partial charge in [-0.1, -0.05) is 30.3 Å². The van der Waals surface area contributed by atoms with Crippen molar-refractivity contribution in [3.05, 3.63) is 42.0 Å². The third kappa shape index (κ3) is 6.98. The molecule has 0 radical (unpaired) electrons. The van der Waals surface area contributed by atoms with E-state index in [4.69, 9.17) is 0 Å². The van der Waals surface area contributed by atoms with E-state index < -0.39 is 0 Å². The van der Waals surface area contributed by atoms with Crippen LogP contribution in [0.3, 0.4) is 0 Å². The van der Waals surface area contributed by atoms with E-state index in [1.54, 1.807) is 0 Å². The molecule has 0 bridgehead atoms. The molecule has 0 heterocycles. The van der Waals surface area contributed by atoms with Gasteiger partial charge >= 0.3 is 0 Å². The summed E-state index contributed by atoms with van der Waals surface area (Å²) in [4.78, 5) is 4.68. The third-order valence-electron chi connectivity index (χ3n) is 2.64. The Morgan fingerprint density at radius 2 is 1.48 bits per heavy atom. The Morgan fingerprint density at radius 1 is 0.905 bits per heavy atom. The molecule has 0 atom stereocenters. The lowest BCUT2D eigenvalue weighted by molar-refractivity contribution is 0.711. The summed E-state index contributed by atoms with van der Waals surface area (Å²) >= 11 is 0. The van der Waals surface area contributed by atoms with Gasteiger partial charge in [-0.3, -0.25) is 4.99 Å². The van der Waals surface area contributed by atoms with E-state index in [1.165, 1.54) is 5.56 Å². The quantitative estimate of drug-likeness (QED) is 0.616. The van der Waals surface area contributed by atoms with E-state index in [2.05, 4.69) is 87.5 Å². The van der Waals surface area contributed by atoms with E-state index in [-0.39, 0.29) is 6.04 Å². The summed E-state index contributed by atoms with van der Waals surface area (Å²) in [5, 5.41) is 6.93. The van der Waals surface area contributed by atoms with Gasteiger partial charge in [0.15, 0.2) is 0 Å². The van der Waals surface area contributed by atoms with Gasteiger partial charge in [-0.15, -0.1) is 0 Å².